The molecule has 0 amide bonds. The van der Waals surface area contributed by atoms with E-state index >= 15 is 0 Å². The number of hydrogen-bond acceptors (Lipinski definition) is 3. The molecule has 0 bridgehead atoms. The van der Waals surface area contributed by atoms with Crippen molar-refractivity contribution in [3.05, 3.63) is 35.2 Å². The second-order valence-electron chi connectivity index (χ2n) is 4.09. The predicted molar refractivity (Wildman–Crippen MR) is 76.9 cm³/mol. The van der Waals surface area contributed by atoms with E-state index in [9.17, 15) is 0 Å². The predicted octanol–water partition coefficient (Wildman–Crippen LogP) is 4.38. The third-order valence-corrected chi connectivity index (χ3v) is 3.92. The molecule has 0 saturated heterocycles. The number of ether oxygens (including phenoxy) is 2. The van der Waals surface area contributed by atoms with Gasteiger partial charge in [0, 0.05) is 4.88 Å². The Morgan fingerprint density at radius 3 is 2.50 bits per heavy atom. The van der Waals surface area contributed by atoms with Gasteiger partial charge in [0.05, 0.1) is 14.2 Å². The van der Waals surface area contributed by atoms with Gasteiger partial charge < -0.3 is 9.47 Å². The molecule has 1 heterocycles. The molecule has 0 N–H and O–H groups in total. The summed E-state index contributed by atoms with van der Waals surface area (Å²) in [5.41, 5.74) is 2.61. The molecule has 0 aliphatic rings. The maximum absolute atomic E-state index is 5.35. The Balaban J connectivity index is 2.41. The second-order valence-corrected chi connectivity index (χ2v) is 5.01. The van der Waals surface area contributed by atoms with Crippen molar-refractivity contribution in [2.45, 2.75) is 19.8 Å². The molecular formula is C15H18O2S. The fraction of sp³-hybridized carbons (Fsp3) is 0.333. The van der Waals surface area contributed by atoms with Crippen LogP contribution >= 0.6 is 11.3 Å². The zero-order valence-corrected chi connectivity index (χ0v) is 11.8. The van der Waals surface area contributed by atoms with Gasteiger partial charge in [0.15, 0.2) is 11.5 Å². The first-order valence-electron chi connectivity index (χ1n) is 6.09. The van der Waals surface area contributed by atoms with Crippen molar-refractivity contribution in [1.82, 2.24) is 0 Å². The van der Waals surface area contributed by atoms with Gasteiger partial charge in [0.25, 0.3) is 0 Å². The van der Waals surface area contributed by atoms with Gasteiger partial charge in [0.1, 0.15) is 0 Å². The maximum Gasteiger partial charge on any atom is 0.161 e. The van der Waals surface area contributed by atoms with Crippen molar-refractivity contribution >= 4 is 11.3 Å². The summed E-state index contributed by atoms with van der Waals surface area (Å²) in [6, 6.07) is 8.31. The number of rotatable bonds is 5. The molecular weight excluding hydrogens is 244 g/mol. The van der Waals surface area contributed by atoms with Crippen LogP contribution in [0.1, 0.15) is 18.9 Å². The zero-order chi connectivity index (χ0) is 13.0. The number of aryl methyl sites for hydroxylation is 1. The van der Waals surface area contributed by atoms with Crippen molar-refractivity contribution in [1.29, 1.82) is 0 Å². The molecule has 0 saturated carbocycles. The second kappa shape index (κ2) is 5.91. The van der Waals surface area contributed by atoms with E-state index in [1.807, 2.05) is 12.1 Å². The summed E-state index contributed by atoms with van der Waals surface area (Å²) in [4.78, 5) is 1.33. The number of thiophene rings is 1. The quantitative estimate of drug-likeness (QED) is 0.796. The van der Waals surface area contributed by atoms with Crippen LogP contribution in [0, 0.1) is 0 Å². The first kappa shape index (κ1) is 13.0. The van der Waals surface area contributed by atoms with Crippen molar-refractivity contribution in [3.8, 4) is 21.9 Å². The summed E-state index contributed by atoms with van der Waals surface area (Å²) in [5.74, 6) is 1.56. The number of hydrogen-bond donors (Lipinski definition) is 0. The molecule has 2 rings (SSSR count). The Morgan fingerprint density at radius 2 is 1.83 bits per heavy atom. The van der Waals surface area contributed by atoms with Crippen molar-refractivity contribution in [2.24, 2.45) is 0 Å². The Hall–Kier alpha value is -1.48. The lowest BCUT2D eigenvalue weighted by molar-refractivity contribution is 0.355. The Morgan fingerprint density at radius 1 is 1.06 bits per heavy atom. The summed E-state index contributed by atoms with van der Waals surface area (Å²) >= 11 is 1.78. The summed E-state index contributed by atoms with van der Waals surface area (Å²) in [6.45, 7) is 2.20. The largest absolute Gasteiger partial charge is 0.493 e. The summed E-state index contributed by atoms with van der Waals surface area (Å²) in [6.07, 6.45) is 2.28. The highest BCUT2D eigenvalue weighted by Gasteiger charge is 2.10. The van der Waals surface area contributed by atoms with Gasteiger partial charge in [-0.25, -0.2) is 0 Å². The van der Waals surface area contributed by atoms with Crippen molar-refractivity contribution < 1.29 is 9.47 Å². The highest BCUT2D eigenvalue weighted by molar-refractivity contribution is 7.13. The van der Waals surface area contributed by atoms with E-state index in [0.717, 1.165) is 24.3 Å². The van der Waals surface area contributed by atoms with Gasteiger partial charge in [-0.2, -0.15) is 0 Å². The van der Waals surface area contributed by atoms with Crippen LogP contribution in [0.4, 0.5) is 0 Å². The Labute approximate surface area is 112 Å². The minimum Gasteiger partial charge on any atom is -0.493 e. The third kappa shape index (κ3) is 2.51. The average Bonchev–Trinajstić information content (AvgIpc) is 2.86. The molecule has 18 heavy (non-hydrogen) atoms. The molecule has 1 aromatic carbocycles. The van der Waals surface area contributed by atoms with Crippen molar-refractivity contribution in [3.63, 3.8) is 0 Å². The van der Waals surface area contributed by atoms with Crippen LogP contribution in [0.25, 0.3) is 10.4 Å². The molecule has 0 radical (unpaired) electrons. The van der Waals surface area contributed by atoms with Gasteiger partial charge in [-0.3, -0.25) is 0 Å². The van der Waals surface area contributed by atoms with E-state index in [4.69, 9.17) is 9.47 Å². The maximum atomic E-state index is 5.35. The van der Waals surface area contributed by atoms with Gasteiger partial charge in [-0.15, -0.1) is 11.3 Å². The minimum atomic E-state index is 0.773. The SMILES string of the molecule is CCCc1ccsc1-c1ccc(OC)c(OC)c1. The molecule has 1 aromatic heterocycles. The lowest BCUT2D eigenvalue weighted by atomic mass is 10.1. The lowest BCUT2D eigenvalue weighted by Gasteiger charge is -2.10. The number of methoxy groups -OCH3 is 2. The van der Waals surface area contributed by atoms with E-state index in [2.05, 4.69) is 24.4 Å². The summed E-state index contributed by atoms with van der Waals surface area (Å²) in [5, 5.41) is 2.15. The lowest BCUT2D eigenvalue weighted by Crippen LogP contribution is -1.91. The van der Waals surface area contributed by atoms with Crippen LogP contribution in [0.3, 0.4) is 0 Å². The van der Waals surface area contributed by atoms with Gasteiger partial charge in [-0.05, 0) is 47.2 Å². The number of benzene rings is 1. The highest BCUT2D eigenvalue weighted by atomic mass is 32.1. The molecule has 0 aliphatic carbocycles. The summed E-state index contributed by atoms with van der Waals surface area (Å²) < 4.78 is 10.6. The molecule has 2 nitrogen and oxygen atoms in total. The van der Waals surface area contributed by atoms with Crippen LogP contribution in [-0.2, 0) is 6.42 Å². The van der Waals surface area contributed by atoms with Crippen LogP contribution in [-0.4, -0.2) is 14.2 Å². The van der Waals surface area contributed by atoms with E-state index < -0.39 is 0 Å². The molecule has 0 atom stereocenters. The van der Waals surface area contributed by atoms with Gasteiger partial charge in [0.2, 0.25) is 0 Å². The minimum absolute atomic E-state index is 0.773. The van der Waals surface area contributed by atoms with Crippen molar-refractivity contribution in [2.75, 3.05) is 14.2 Å². The average molecular weight is 262 g/mol. The van der Waals surface area contributed by atoms with E-state index in [0.29, 0.717) is 0 Å². The van der Waals surface area contributed by atoms with E-state index in [1.165, 1.54) is 16.0 Å². The molecule has 0 fully saturated rings. The third-order valence-electron chi connectivity index (χ3n) is 2.91. The summed E-state index contributed by atoms with van der Waals surface area (Å²) in [7, 11) is 3.33. The molecule has 0 aliphatic heterocycles. The first-order chi connectivity index (χ1) is 8.80. The van der Waals surface area contributed by atoms with E-state index in [1.54, 1.807) is 25.6 Å². The fourth-order valence-corrected chi connectivity index (χ4v) is 2.99. The Bertz CT molecular complexity index is 517. The van der Waals surface area contributed by atoms with E-state index in [-0.39, 0.29) is 0 Å². The molecule has 2 aromatic rings. The van der Waals surface area contributed by atoms with Crippen LogP contribution in [0.2, 0.25) is 0 Å². The smallest absolute Gasteiger partial charge is 0.161 e. The Kier molecular flexibility index (Phi) is 4.26. The molecule has 0 spiro atoms. The van der Waals surface area contributed by atoms with Gasteiger partial charge >= 0.3 is 0 Å². The fourth-order valence-electron chi connectivity index (χ4n) is 2.03. The monoisotopic (exact) mass is 262 g/mol. The molecule has 0 unspecified atom stereocenters. The molecule has 3 heteroatoms. The first-order valence-corrected chi connectivity index (χ1v) is 6.96. The van der Waals surface area contributed by atoms with Crippen LogP contribution in [0.15, 0.2) is 29.6 Å². The zero-order valence-electron chi connectivity index (χ0n) is 11.0. The highest BCUT2D eigenvalue weighted by Crippen LogP contribution is 2.36. The standard InChI is InChI=1S/C15H18O2S/c1-4-5-11-8-9-18-15(11)12-6-7-13(16-2)14(10-12)17-3/h6-10H,4-5H2,1-3H3. The van der Waals surface area contributed by atoms with Gasteiger partial charge in [-0.1, -0.05) is 13.3 Å². The van der Waals surface area contributed by atoms with Crippen LogP contribution < -0.4 is 9.47 Å². The molecule has 96 valence electrons. The van der Waals surface area contributed by atoms with Crippen LogP contribution in [0.5, 0.6) is 11.5 Å². The normalized spacial score (nSPS) is 10.4. The topological polar surface area (TPSA) is 18.5 Å².